The summed E-state index contributed by atoms with van der Waals surface area (Å²) in [7, 11) is 0. The van der Waals surface area contributed by atoms with Crippen LogP contribution < -0.4 is 10.1 Å². The van der Waals surface area contributed by atoms with Gasteiger partial charge in [-0.15, -0.1) is 0 Å². The molecular formula is C27H30N4O3S. The lowest BCUT2D eigenvalue weighted by Crippen LogP contribution is -2.38. The zero-order chi connectivity index (χ0) is 24.9. The number of imidazole rings is 1. The van der Waals surface area contributed by atoms with Gasteiger partial charge in [-0.3, -0.25) is 4.79 Å². The molecular weight excluding hydrogens is 460 g/mol. The number of aliphatic hydroxyl groups is 1. The topological polar surface area (TPSA) is 100 Å². The number of amides is 1. The summed E-state index contributed by atoms with van der Waals surface area (Å²) in [5.74, 6) is 1.25. The van der Waals surface area contributed by atoms with Crippen LogP contribution in [0.2, 0.25) is 0 Å². The number of aliphatic hydroxyl groups excluding tert-OH is 1. The molecule has 0 fully saturated rings. The number of aromatic nitrogens is 2. The van der Waals surface area contributed by atoms with Gasteiger partial charge >= 0.3 is 0 Å². The largest absolute Gasteiger partial charge is 0.490 e. The van der Waals surface area contributed by atoms with Crippen molar-refractivity contribution in [1.82, 2.24) is 14.9 Å². The summed E-state index contributed by atoms with van der Waals surface area (Å²) in [6, 6.07) is 14.9. The SMILES string of the molecule is CC(O)C[C@H](Cc1ccc(-c2cn3c(n2)SCC3)cc1)NC(=O)c1ccc(OC(C)C)c(C#N)c1. The monoisotopic (exact) mass is 490 g/mol. The van der Waals surface area contributed by atoms with E-state index in [0.29, 0.717) is 29.7 Å². The molecule has 1 aromatic heterocycles. The summed E-state index contributed by atoms with van der Waals surface area (Å²) in [5.41, 5.74) is 3.78. The molecule has 0 spiro atoms. The minimum absolute atomic E-state index is 0.0722. The second-order valence-electron chi connectivity index (χ2n) is 9.10. The number of hydrogen-bond acceptors (Lipinski definition) is 6. The highest BCUT2D eigenvalue weighted by Crippen LogP contribution is 2.29. The lowest BCUT2D eigenvalue weighted by Gasteiger charge is -2.21. The Bertz CT molecular complexity index is 1210. The quantitative estimate of drug-likeness (QED) is 0.460. The van der Waals surface area contributed by atoms with E-state index in [9.17, 15) is 15.2 Å². The number of benzene rings is 2. The highest BCUT2D eigenvalue weighted by molar-refractivity contribution is 7.99. The van der Waals surface area contributed by atoms with Gasteiger partial charge in [-0.1, -0.05) is 36.0 Å². The minimum Gasteiger partial charge on any atom is -0.490 e. The van der Waals surface area contributed by atoms with Gasteiger partial charge < -0.3 is 19.7 Å². The smallest absolute Gasteiger partial charge is 0.251 e. The Morgan fingerprint density at radius 1 is 1.26 bits per heavy atom. The van der Waals surface area contributed by atoms with Crippen LogP contribution >= 0.6 is 11.8 Å². The van der Waals surface area contributed by atoms with Crippen molar-refractivity contribution in [2.45, 2.75) is 63.6 Å². The first-order valence-corrected chi connectivity index (χ1v) is 12.8. The standard InChI is InChI=1S/C27H30N4O3S/c1-17(2)34-25-9-8-21(14-22(25)15-28)26(33)29-23(12-18(3)32)13-19-4-6-20(7-5-19)24-16-31-10-11-35-27(31)30-24/h4-9,14,16-18,23,32H,10-13H2,1-3H3,(H,29,33)/t18?,23-/m1/s1. The fraction of sp³-hybridized carbons (Fsp3) is 0.370. The third-order valence-corrected chi connectivity index (χ3v) is 6.69. The van der Waals surface area contributed by atoms with E-state index in [4.69, 9.17) is 9.72 Å². The first kappa shape index (κ1) is 24.8. The Hall–Kier alpha value is -3.28. The molecule has 1 aliphatic heterocycles. The normalized spacial score (nSPS) is 14.3. The number of aryl methyl sites for hydroxylation is 1. The summed E-state index contributed by atoms with van der Waals surface area (Å²) in [4.78, 5) is 17.7. The maximum absolute atomic E-state index is 13.0. The average molecular weight is 491 g/mol. The zero-order valence-electron chi connectivity index (χ0n) is 20.2. The number of rotatable bonds is 9. The number of fused-ring (bicyclic) bond motifs is 1. The van der Waals surface area contributed by atoms with Crippen molar-refractivity contribution in [1.29, 1.82) is 5.26 Å². The van der Waals surface area contributed by atoms with Crippen LogP contribution in [0.15, 0.2) is 53.8 Å². The summed E-state index contributed by atoms with van der Waals surface area (Å²) in [6.07, 6.45) is 2.44. The molecule has 2 N–H and O–H groups in total. The average Bonchev–Trinajstić information content (AvgIpc) is 3.41. The third-order valence-electron chi connectivity index (χ3n) is 5.72. The highest BCUT2D eigenvalue weighted by Gasteiger charge is 2.19. The number of hydrogen-bond donors (Lipinski definition) is 2. The van der Waals surface area contributed by atoms with E-state index >= 15 is 0 Å². The number of nitriles is 1. The Balaban J connectivity index is 1.45. The van der Waals surface area contributed by atoms with Crippen LogP contribution in [-0.4, -0.2) is 44.6 Å². The van der Waals surface area contributed by atoms with Crippen LogP contribution in [0.5, 0.6) is 5.75 Å². The Morgan fingerprint density at radius 2 is 2.03 bits per heavy atom. The van der Waals surface area contributed by atoms with Gasteiger partial charge in [0.15, 0.2) is 5.16 Å². The third kappa shape index (κ3) is 6.24. The van der Waals surface area contributed by atoms with Gasteiger partial charge in [0.25, 0.3) is 5.91 Å². The van der Waals surface area contributed by atoms with E-state index in [1.165, 1.54) is 0 Å². The molecule has 7 nitrogen and oxygen atoms in total. The highest BCUT2D eigenvalue weighted by atomic mass is 32.2. The molecule has 182 valence electrons. The molecule has 8 heteroatoms. The van der Waals surface area contributed by atoms with Crippen LogP contribution in [0, 0.1) is 11.3 Å². The first-order valence-electron chi connectivity index (χ1n) is 11.8. The molecule has 0 saturated carbocycles. The maximum atomic E-state index is 13.0. The molecule has 1 aliphatic rings. The van der Waals surface area contributed by atoms with Crippen LogP contribution in [0.4, 0.5) is 0 Å². The summed E-state index contributed by atoms with van der Waals surface area (Å²) >= 11 is 1.77. The fourth-order valence-electron chi connectivity index (χ4n) is 4.13. The lowest BCUT2D eigenvalue weighted by molar-refractivity contribution is 0.0917. The Labute approximate surface area is 210 Å². The van der Waals surface area contributed by atoms with Gasteiger partial charge in [-0.2, -0.15) is 5.26 Å². The van der Waals surface area contributed by atoms with Crippen LogP contribution in [0.3, 0.4) is 0 Å². The molecule has 0 radical (unpaired) electrons. The van der Waals surface area contributed by atoms with Gasteiger partial charge in [-0.25, -0.2) is 4.98 Å². The van der Waals surface area contributed by atoms with Gasteiger partial charge in [0.05, 0.1) is 23.5 Å². The minimum atomic E-state index is -0.568. The van der Waals surface area contributed by atoms with E-state index in [0.717, 1.165) is 34.3 Å². The van der Waals surface area contributed by atoms with Crippen molar-refractivity contribution in [2.75, 3.05) is 5.75 Å². The Morgan fingerprint density at radius 3 is 2.69 bits per heavy atom. The summed E-state index contributed by atoms with van der Waals surface area (Å²) < 4.78 is 7.83. The summed E-state index contributed by atoms with van der Waals surface area (Å²) in [6.45, 7) is 6.48. The van der Waals surface area contributed by atoms with Crippen molar-refractivity contribution in [3.63, 3.8) is 0 Å². The molecule has 0 saturated heterocycles. The summed E-state index contributed by atoms with van der Waals surface area (Å²) in [5, 5.41) is 23.6. The van der Waals surface area contributed by atoms with Crippen molar-refractivity contribution >= 4 is 17.7 Å². The predicted molar refractivity (Wildman–Crippen MR) is 137 cm³/mol. The molecule has 0 bridgehead atoms. The second kappa shape index (κ2) is 11.0. The van der Waals surface area contributed by atoms with Crippen molar-refractivity contribution in [3.8, 4) is 23.1 Å². The molecule has 2 heterocycles. The van der Waals surface area contributed by atoms with Crippen LogP contribution in [0.25, 0.3) is 11.3 Å². The number of nitrogens with zero attached hydrogens (tertiary/aromatic N) is 3. The number of carbonyl (C=O) groups excluding carboxylic acids is 1. The zero-order valence-corrected chi connectivity index (χ0v) is 21.0. The fourth-order valence-corrected chi connectivity index (χ4v) is 5.08. The van der Waals surface area contributed by atoms with E-state index in [2.05, 4.69) is 22.1 Å². The molecule has 2 atom stereocenters. The van der Waals surface area contributed by atoms with E-state index in [-0.39, 0.29) is 18.1 Å². The van der Waals surface area contributed by atoms with Crippen LogP contribution in [-0.2, 0) is 13.0 Å². The van der Waals surface area contributed by atoms with Crippen molar-refractivity contribution < 1.29 is 14.6 Å². The van der Waals surface area contributed by atoms with Gasteiger partial charge in [-0.05, 0) is 57.4 Å². The number of carbonyl (C=O) groups is 1. The Kier molecular flexibility index (Phi) is 7.79. The maximum Gasteiger partial charge on any atom is 0.251 e. The van der Waals surface area contributed by atoms with Crippen LogP contribution in [0.1, 0.15) is 48.7 Å². The molecule has 0 aliphatic carbocycles. The number of nitrogens with one attached hydrogen (secondary N) is 1. The number of thioether (sulfide) groups is 1. The van der Waals surface area contributed by atoms with E-state index < -0.39 is 6.10 Å². The van der Waals surface area contributed by atoms with E-state index in [1.54, 1.807) is 36.9 Å². The first-order chi connectivity index (χ1) is 16.8. The van der Waals surface area contributed by atoms with Gasteiger partial charge in [0, 0.05) is 35.7 Å². The lowest BCUT2D eigenvalue weighted by atomic mass is 9.99. The molecule has 2 aromatic carbocycles. The molecule has 1 unspecified atom stereocenters. The number of ether oxygens (including phenoxy) is 1. The van der Waals surface area contributed by atoms with E-state index in [1.807, 2.05) is 38.1 Å². The van der Waals surface area contributed by atoms with Crippen molar-refractivity contribution in [3.05, 3.63) is 65.4 Å². The van der Waals surface area contributed by atoms with Crippen molar-refractivity contribution in [2.24, 2.45) is 0 Å². The van der Waals surface area contributed by atoms with Gasteiger partial charge in [0.2, 0.25) is 0 Å². The predicted octanol–water partition coefficient (Wildman–Crippen LogP) is 4.43. The second-order valence-corrected chi connectivity index (χ2v) is 10.2. The molecule has 1 amide bonds. The van der Waals surface area contributed by atoms with Gasteiger partial charge in [0.1, 0.15) is 11.8 Å². The molecule has 3 aromatic rings. The molecule has 35 heavy (non-hydrogen) atoms. The molecule has 4 rings (SSSR count).